The van der Waals surface area contributed by atoms with Gasteiger partial charge in [-0.05, 0) is 43.4 Å². The van der Waals surface area contributed by atoms with E-state index in [-0.39, 0.29) is 11.6 Å². The van der Waals surface area contributed by atoms with E-state index >= 15 is 0 Å². The summed E-state index contributed by atoms with van der Waals surface area (Å²) in [7, 11) is 0. The number of aromatic hydroxyl groups is 1. The maximum absolute atomic E-state index is 13.2. The molecule has 2 nitrogen and oxygen atoms in total. The third-order valence-corrected chi connectivity index (χ3v) is 4.25. The number of hydrogen-bond acceptors (Lipinski definition) is 2. The second kappa shape index (κ2) is 6.90. The summed E-state index contributed by atoms with van der Waals surface area (Å²) in [4.78, 5) is 0. The van der Waals surface area contributed by atoms with Crippen LogP contribution in [0.4, 0.5) is 4.39 Å². The van der Waals surface area contributed by atoms with Gasteiger partial charge in [-0.25, -0.2) is 4.39 Å². The van der Waals surface area contributed by atoms with Crippen molar-refractivity contribution in [1.29, 1.82) is 0 Å². The summed E-state index contributed by atoms with van der Waals surface area (Å²) < 4.78 is 13.2. The number of benzene rings is 1. The summed E-state index contributed by atoms with van der Waals surface area (Å²) in [6.07, 6.45) is 7.68. The molecule has 0 radical (unpaired) electrons. The highest BCUT2D eigenvalue weighted by Crippen LogP contribution is 2.28. The van der Waals surface area contributed by atoms with Crippen molar-refractivity contribution in [2.75, 3.05) is 0 Å². The van der Waals surface area contributed by atoms with Gasteiger partial charge in [0.05, 0.1) is 0 Å². The van der Waals surface area contributed by atoms with E-state index in [1.54, 1.807) is 0 Å². The van der Waals surface area contributed by atoms with Crippen molar-refractivity contribution in [3.8, 4) is 5.75 Å². The molecule has 2 N–H and O–H groups in total. The van der Waals surface area contributed by atoms with Crippen LogP contribution in [0.2, 0.25) is 0 Å². The van der Waals surface area contributed by atoms with Crippen molar-refractivity contribution < 1.29 is 9.50 Å². The van der Waals surface area contributed by atoms with Crippen molar-refractivity contribution in [3.63, 3.8) is 0 Å². The Balaban J connectivity index is 1.93. The van der Waals surface area contributed by atoms with E-state index in [2.05, 4.69) is 12.2 Å². The fraction of sp³-hybridized carbons (Fsp3) is 0.625. The SMILES string of the molecule is CCC(NCc1cc(F)ccc1O)C1CCCCC1. The maximum Gasteiger partial charge on any atom is 0.123 e. The van der Waals surface area contributed by atoms with Gasteiger partial charge in [0.1, 0.15) is 11.6 Å². The average molecular weight is 265 g/mol. The molecule has 106 valence electrons. The van der Waals surface area contributed by atoms with Gasteiger partial charge < -0.3 is 10.4 Å². The lowest BCUT2D eigenvalue weighted by molar-refractivity contribution is 0.261. The van der Waals surface area contributed by atoms with Crippen LogP contribution in [0.3, 0.4) is 0 Å². The average Bonchev–Trinajstić information content (AvgIpc) is 2.44. The van der Waals surface area contributed by atoms with E-state index < -0.39 is 0 Å². The summed E-state index contributed by atoms with van der Waals surface area (Å²) in [5.41, 5.74) is 0.647. The lowest BCUT2D eigenvalue weighted by Gasteiger charge is -2.30. The molecular formula is C16H24FNO. The van der Waals surface area contributed by atoms with Crippen molar-refractivity contribution >= 4 is 0 Å². The van der Waals surface area contributed by atoms with Crippen molar-refractivity contribution in [2.24, 2.45) is 5.92 Å². The summed E-state index contributed by atoms with van der Waals surface area (Å²) in [5.74, 6) is 0.613. The van der Waals surface area contributed by atoms with Gasteiger partial charge in [0.2, 0.25) is 0 Å². The maximum atomic E-state index is 13.2. The van der Waals surface area contributed by atoms with Crippen molar-refractivity contribution in [3.05, 3.63) is 29.6 Å². The number of nitrogens with one attached hydrogen (secondary N) is 1. The largest absolute Gasteiger partial charge is 0.508 e. The van der Waals surface area contributed by atoms with E-state index in [1.165, 1.54) is 50.3 Å². The van der Waals surface area contributed by atoms with Crippen molar-refractivity contribution in [1.82, 2.24) is 5.32 Å². The van der Waals surface area contributed by atoms with Crippen LogP contribution in [0, 0.1) is 11.7 Å². The molecule has 0 bridgehead atoms. The van der Waals surface area contributed by atoms with Gasteiger partial charge in [0, 0.05) is 18.2 Å². The highest BCUT2D eigenvalue weighted by molar-refractivity contribution is 5.32. The van der Waals surface area contributed by atoms with E-state index in [0.29, 0.717) is 18.2 Å². The predicted octanol–water partition coefficient (Wildman–Crippen LogP) is 3.98. The highest BCUT2D eigenvalue weighted by Gasteiger charge is 2.21. The first-order valence-corrected chi connectivity index (χ1v) is 7.41. The lowest BCUT2D eigenvalue weighted by atomic mass is 9.83. The predicted molar refractivity (Wildman–Crippen MR) is 75.6 cm³/mol. The number of hydrogen-bond donors (Lipinski definition) is 2. The first-order valence-electron chi connectivity index (χ1n) is 7.41. The molecule has 1 aliphatic carbocycles. The van der Waals surface area contributed by atoms with Crippen LogP contribution in [-0.2, 0) is 6.54 Å². The van der Waals surface area contributed by atoms with E-state index in [9.17, 15) is 9.50 Å². The molecule has 1 aromatic rings. The Labute approximate surface area is 115 Å². The fourth-order valence-electron chi connectivity index (χ4n) is 3.12. The van der Waals surface area contributed by atoms with Crippen LogP contribution in [0.25, 0.3) is 0 Å². The summed E-state index contributed by atoms with van der Waals surface area (Å²) in [6, 6.07) is 4.60. The van der Waals surface area contributed by atoms with Crippen LogP contribution in [0.15, 0.2) is 18.2 Å². The first-order chi connectivity index (χ1) is 9.20. The molecule has 0 aromatic heterocycles. The minimum Gasteiger partial charge on any atom is -0.508 e. The molecule has 1 atom stereocenters. The Morgan fingerprint density at radius 3 is 2.74 bits per heavy atom. The van der Waals surface area contributed by atoms with Gasteiger partial charge in [-0.1, -0.05) is 26.2 Å². The molecule has 1 fully saturated rings. The minimum atomic E-state index is -0.291. The zero-order valence-electron chi connectivity index (χ0n) is 11.7. The zero-order valence-corrected chi connectivity index (χ0v) is 11.7. The van der Waals surface area contributed by atoms with Crippen LogP contribution in [0.5, 0.6) is 5.75 Å². The van der Waals surface area contributed by atoms with E-state index in [4.69, 9.17) is 0 Å². The van der Waals surface area contributed by atoms with Crippen LogP contribution in [-0.4, -0.2) is 11.1 Å². The van der Waals surface area contributed by atoms with Gasteiger partial charge >= 0.3 is 0 Å². The Hall–Kier alpha value is -1.09. The Morgan fingerprint density at radius 2 is 2.05 bits per heavy atom. The molecule has 0 aliphatic heterocycles. The number of phenolic OH excluding ortho intramolecular Hbond substituents is 1. The number of rotatable bonds is 5. The third-order valence-electron chi connectivity index (χ3n) is 4.25. The second-order valence-electron chi connectivity index (χ2n) is 5.57. The lowest BCUT2D eigenvalue weighted by Crippen LogP contribution is -2.36. The zero-order chi connectivity index (χ0) is 13.7. The first kappa shape index (κ1) is 14.3. The molecule has 2 rings (SSSR count). The van der Waals surface area contributed by atoms with Gasteiger partial charge in [0.15, 0.2) is 0 Å². The van der Waals surface area contributed by atoms with Crippen LogP contribution >= 0.6 is 0 Å². The molecule has 3 heteroatoms. The molecule has 0 heterocycles. The Bertz CT molecular complexity index is 402. The Morgan fingerprint density at radius 1 is 1.32 bits per heavy atom. The second-order valence-corrected chi connectivity index (χ2v) is 5.57. The normalized spacial score (nSPS) is 18.4. The smallest absolute Gasteiger partial charge is 0.123 e. The molecular weight excluding hydrogens is 241 g/mol. The standard InChI is InChI=1S/C16H24FNO/c1-2-15(12-6-4-3-5-7-12)18-11-13-10-14(17)8-9-16(13)19/h8-10,12,15,18-19H,2-7,11H2,1H3. The highest BCUT2D eigenvalue weighted by atomic mass is 19.1. The van der Waals surface area contributed by atoms with Gasteiger partial charge in [-0.2, -0.15) is 0 Å². The molecule has 1 unspecified atom stereocenters. The van der Waals surface area contributed by atoms with Gasteiger partial charge in [-0.15, -0.1) is 0 Å². The molecule has 1 saturated carbocycles. The molecule has 1 aromatic carbocycles. The molecule has 0 amide bonds. The number of halogens is 1. The van der Waals surface area contributed by atoms with Crippen LogP contribution < -0.4 is 5.32 Å². The van der Waals surface area contributed by atoms with Gasteiger partial charge in [0.25, 0.3) is 0 Å². The topological polar surface area (TPSA) is 32.3 Å². The monoisotopic (exact) mass is 265 g/mol. The number of phenols is 1. The molecule has 1 aliphatic rings. The summed E-state index contributed by atoms with van der Waals surface area (Å²) >= 11 is 0. The third kappa shape index (κ3) is 3.93. The van der Waals surface area contributed by atoms with Crippen LogP contribution in [0.1, 0.15) is 51.0 Å². The fourth-order valence-corrected chi connectivity index (χ4v) is 3.12. The van der Waals surface area contributed by atoms with Crippen molar-refractivity contribution in [2.45, 2.75) is 58.0 Å². The molecule has 0 spiro atoms. The Kier molecular flexibility index (Phi) is 5.20. The van der Waals surface area contributed by atoms with E-state index in [1.807, 2.05) is 0 Å². The quantitative estimate of drug-likeness (QED) is 0.844. The minimum absolute atomic E-state index is 0.174. The molecule has 19 heavy (non-hydrogen) atoms. The van der Waals surface area contributed by atoms with Gasteiger partial charge in [-0.3, -0.25) is 0 Å². The summed E-state index contributed by atoms with van der Waals surface area (Å²) in [6.45, 7) is 2.73. The summed E-state index contributed by atoms with van der Waals surface area (Å²) in [5, 5.41) is 13.2. The molecule has 0 saturated heterocycles. The van der Waals surface area contributed by atoms with E-state index in [0.717, 1.165) is 12.3 Å².